The molecule has 0 fully saturated rings. The lowest BCUT2D eigenvalue weighted by atomic mass is 9.72. The van der Waals surface area contributed by atoms with Crippen molar-refractivity contribution in [1.82, 2.24) is 0 Å². The largest absolute Gasteiger partial charge is 0.341 e. The zero-order valence-electron chi connectivity index (χ0n) is 11.3. The minimum absolute atomic E-state index is 0.321. The predicted molar refractivity (Wildman–Crippen MR) is 79.8 cm³/mol. The fourth-order valence-corrected chi connectivity index (χ4v) is 6.22. The maximum absolute atomic E-state index is 5.96. The Labute approximate surface area is 116 Å². The molecule has 0 saturated carbocycles. The van der Waals surface area contributed by atoms with Crippen LogP contribution in [0.25, 0.3) is 0 Å². The maximum atomic E-state index is 5.96. The van der Waals surface area contributed by atoms with Gasteiger partial charge in [-0.2, -0.15) is 0 Å². The lowest BCUT2D eigenvalue weighted by Gasteiger charge is -2.35. The van der Waals surface area contributed by atoms with E-state index in [4.69, 9.17) is 33.2 Å². The van der Waals surface area contributed by atoms with Crippen LogP contribution in [0.4, 0.5) is 0 Å². The Morgan fingerprint density at radius 1 is 1.00 bits per heavy atom. The summed E-state index contributed by atoms with van der Waals surface area (Å²) in [7, 11) is 0. The van der Waals surface area contributed by atoms with Gasteiger partial charge in [-0.25, -0.2) is 0 Å². The summed E-state index contributed by atoms with van der Waals surface area (Å²) >= 11 is 17.9. The first-order chi connectivity index (χ1) is 6.81. The molecule has 0 N–H and O–H groups in total. The van der Waals surface area contributed by atoms with Gasteiger partial charge in [-0.3, -0.25) is 0 Å². The van der Waals surface area contributed by atoms with Crippen LogP contribution in [0, 0.1) is 16.7 Å². The first-order valence-electron chi connectivity index (χ1n) is 5.88. The van der Waals surface area contributed by atoms with E-state index in [0.29, 0.717) is 16.7 Å². The summed E-state index contributed by atoms with van der Waals surface area (Å²) in [6, 6.07) is -1.69. The molecule has 0 aromatic heterocycles. The molecule has 0 rings (SSSR count). The van der Waals surface area contributed by atoms with Crippen LogP contribution in [0.1, 0.15) is 54.4 Å². The van der Waals surface area contributed by atoms with Gasteiger partial charge in [-0.1, -0.05) is 41.5 Å². The smallest absolute Gasteiger partial charge is 0.126 e. The van der Waals surface area contributed by atoms with Gasteiger partial charge in [0.1, 0.15) is 0 Å². The standard InChI is InChI=1S/C12H25Cl3Si/c1-10(8-16(13,14)15)7-12(5,6)9-11(2,3)4/h10H,7-9H2,1-6H3. The number of halogens is 3. The van der Waals surface area contributed by atoms with E-state index in [0.717, 1.165) is 12.5 Å². The molecule has 4 heteroatoms. The monoisotopic (exact) mass is 302 g/mol. The molecule has 0 saturated heterocycles. The van der Waals surface area contributed by atoms with E-state index < -0.39 is 6.00 Å². The van der Waals surface area contributed by atoms with E-state index in [2.05, 4.69) is 41.5 Å². The first-order valence-corrected chi connectivity index (χ1v) is 11.1. The maximum Gasteiger partial charge on any atom is 0.341 e. The molecular weight excluding hydrogens is 279 g/mol. The third-order valence-corrected chi connectivity index (χ3v) is 5.04. The topological polar surface area (TPSA) is 0 Å². The predicted octanol–water partition coefficient (Wildman–Crippen LogP) is 6.13. The van der Waals surface area contributed by atoms with Gasteiger partial charge in [0.15, 0.2) is 0 Å². The van der Waals surface area contributed by atoms with E-state index in [1.165, 1.54) is 6.42 Å². The normalized spacial score (nSPS) is 16.3. The third-order valence-electron chi connectivity index (χ3n) is 2.49. The third kappa shape index (κ3) is 10.3. The van der Waals surface area contributed by atoms with Crippen LogP contribution in [0.15, 0.2) is 0 Å². The van der Waals surface area contributed by atoms with Crippen molar-refractivity contribution in [2.24, 2.45) is 16.7 Å². The van der Waals surface area contributed by atoms with Gasteiger partial charge in [0, 0.05) is 0 Å². The molecule has 0 amide bonds. The van der Waals surface area contributed by atoms with Gasteiger partial charge in [0.2, 0.25) is 0 Å². The quantitative estimate of drug-likeness (QED) is 0.423. The molecule has 0 heterocycles. The molecule has 0 nitrogen and oxygen atoms in total. The summed E-state index contributed by atoms with van der Waals surface area (Å²) in [6.45, 7) is 13.7. The SMILES string of the molecule is CC(CC(C)(C)CC(C)(C)C)C[Si](Cl)(Cl)Cl. The Hall–Kier alpha value is 1.09. The van der Waals surface area contributed by atoms with E-state index in [9.17, 15) is 0 Å². The van der Waals surface area contributed by atoms with Crippen molar-refractivity contribution in [2.75, 3.05) is 0 Å². The Morgan fingerprint density at radius 2 is 1.44 bits per heavy atom. The summed E-state index contributed by atoms with van der Waals surface area (Å²) < 4.78 is 0. The second-order valence-electron chi connectivity index (χ2n) is 7.03. The minimum atomic E-state index is -2.46. The second kappa shape index (κ2) is 5.82. The highest BCUT2D eigenvalue weighted by atomic mass is 35.8. The van der Waals surface area contributed by atoms with Gasteiger partial charge < -0.3 is 0 Å². The van der Waals surface area contributed by atoms with E-state index >= 15 is 0 Å². The molecule has 98 valence electrons. The molecule has 1 unspecified atom stereocenters. The zero-order chi connectivity index (χ0) is 13.2. The average molecular weight is 304 g/mol. The van der Waals surface area contributed by atoms with Crippen molar-refractivity contribution in [3.05, 3.63) is 0 Å². The van der Waals surface area contributed by atoms with Crippen molar-refractivity contribution in [1.29, 1.82) is 0 Å². The van der Waals surface area contributed by atoms with Crippen molar-refractivity contribution < 1.29 is 0 Å². The summed E-state index contributed by atoms with van der Waals surface area (Å²) in [5, 5.41) is 0. The summed E-state index contributed by atoms with van der Waals surface area (Å²) in [5.41, 5.74) is 0.683. The minimum Gasteiger partial charge on any atom is -0.126 e. The molecule has 0 aromatic carbocycles. The van der Waals surface area contributed by atoms with Crippen molar-refractivity contribution in [3.63, 3.8) is 0 Å². The lowest BCUT2D eigenvalue weighted by Crippen LogP contribution is -2.25. The molecule has 0 aliphatic heterocycles. The van der Waals surface area contributed by atoms with Crippen LogP contribution in [0.3, 0.4) is 0 Å². The fraction of sp³-hybridized carbons (Fsp3) is 1.00. The van der Waals surface area contributed by atoms with Gasteiger partial charge in [-0.15, -0.1) is 33.2 Å². The van der Waals surface area contributed by atoms with Crippen molar-refractivity contribution in [3.8, 4) is 0 Å². The number of rotatable bonds is 5. The Balaban J connectivity index is 4.26. The Kier molecular flexibility index (Phi) is 6.21. The van der Waals surface area contributed by atoms with E-state index in [1.54, 1.807) is 0 Å². The number of hydrogen-bond donors (Lipinski definition) is 0. The molecule has 0 bridgehead atoms. The average Bonchev–Trinajstić information content (AvgIpc) is 1.70. The van der Waals surface area contributed by atoms with Gasteiger partial charge in [0.25, 0.3) is 0 Å². The molecule has 0 spiro atoms. The molecule has 0 aliphatic rings. The van der Waals surface area contributed by atoms with E-state index in [-0.39, 0.29) is 0 Å². The highest BCUT2D eigenvalue weighted by Gasteiger charge is 2.32. The summed E-state index contributed by atoms with van der Waals surface area (Å²) in [6.07, 6.45) is 2.33. The van der Waals surface area contributed by atoms with Crippen LogP contribution in [0.2, 0.25) is 6.04 Å². The van der Waals surface area contributed by atoms with Crippen LogP contribution in [-0.2, 0) is 0 Å². The van der Waals surface area contributed by atoms with Crippen molar-refractivity contribution in [2.45, 2.75) is 60.4 Å². The highest BCUT2D eigenvalue weighted by molar-refractivity contribution is 7.64. The van der Waals surface area contributed by atoms with Gasteiger partial charge in [-0.05, 0) is 35.6 Å². The molecule has 16 heavy (non-hydrogen) atoms. The molecular formula is C12H25Cl3Si. The number of hydrogen-bond acceptors (Lipinski definition) is 0. The Bertz CT molecular complexity index is 213. The van der Waals surface area contributed by atoms with Gasteiger partial charge >= 0.3 is 6.00 Å². The Morgan fingerprint density at radius 3 is 1.75 bits per heavy atom. The van der Waals surface area contributed by atoms with Gasteiger partial charge in [0.05, 0.1) is 0 Å². The zero-order valence-corrected chi connectivity index (χ0v) is 14.6. The highest BCUT2D eigenvalue weighted by Crippen LogP contribution is 2.40. The first kappa shape index (κ1) is 17.1. The molecule has 0 aliphatic carbocycles. The fourth-order valence-electron chi connectivity index (χ4n) is 2.92. The van der Waals surface area contributed by atoms with E-state index in [1.807, 2.05) is 0 Å². The molecule has 1 atom stereocenters. The van der Waals surface area contributed by atoms with Crippen LogP contribution in [0.5, 0.6) is 0 Å². The summed E-state index contributed by atoms with van der Waals surface area (Å²) in [5.74, 6) is 0.497. The molecule has 0 aromatic rings. The second-order valence-corrected chi connectivity index (χ2v) is 16.2. The molecule has 0 radical (unpaired) electrons. The van der Waals surface area contributed by atoms with Crippen LogP contribution < -0.4 is 0 Å². The van der Waals surface area contributed by atoms with Crippen molar-refractivity contribution >= 4 is 39.2 Å². The van der Waals surface area contributed by atoms with Crippen LogP contribution >= 0.6 is 33.2 Å². The summed E-state index contributed by atoms with van der Waals surface area (Å²) in [4.78, 5) is 0. The van der Waals surface area contributed by atoms with Crippen LogP contribution in [-0.4, -0.2) is 6.00 Å². The lowest BCUT2D eigenvalue weighted by molar-refractivity contribution is 0.179.